The van der Waals surface area contributed by atoms with E-state index in [0.717, 1.165) is 54.1 Å². The van der Waals surface area contributed by atoms with E-state index >= 15 is 0 Å². The van der Waals surface area contributed by atoms with Gasteiger partial charge in [-0.3, -0.25) is 0 Å². The quantitative estimate of drug-likeness (QED) is 0.345. The summed E-state index contributed by atoms with van der Waals surface area (Å²) in [4.78, 5) is 11.3. The van der Waals surface area contributed by atoms with Crippen LogP contribution in [0.3, 0.4) is 0 Å². The van der Waals surface area contributed by atoms with Gasteiger partial charge in [-0.05, 0) is 99.8 Å². The maximum Gasteiger partial charge on any atom is 0.333 e. The first kappa shape index (κ1) is 26.1. The fourth-order valence-electron chi connectivity index (χ4n) is 4.91. The van der Waals surface area contributed by atoms with Crippen LogP contribution >= 0.6 is 0 Å². The third-order valence-corrected chi connectivity index (χ3v) is 6.76. The van der Waals surface area contributed by atoms with E-state index in [1.165, 1.54) is 25.7 Å². The van der Waals surface area contributed by atoms with Crippen LogP contribution in [0.5, 0.6) is 17.2 Å². The lowest BCUT2D eigenvalue weighted by Gasteiger charge is -2.17. The second kappa shape index (κ2) is 13.4. The van der Waals surface area contributed by atoms with Gasteiger partial charge >= 0.3 is 5.97 Å². The van der Waals surface area contributed by atoms with Gasteiger partial charge in [0.2, 0.25) is 0 Å². The maximum atomic E-state index is 11.3. The molecule has 194 valence electrons. The molecule has 2 saturated carbocycles. The molecule has 2 aliphatic carbocycles. The van der Waals surface area contributed by atoms with Gasteiger partial charge in [-0.25, -0.2) is 4.79 Å². The van der Waals surface area contributed by atoms with Crippen LogP contribution in [0.4, 0.5) is 0 Å². The van der Waals surface area contributed by atoms with Crippen molar-refractivity contribution in [3.05, 3.63) is 59.7 Å². The van der Waals surface area contributed by atoms with Crippen molar-refractivity contribution in [3.63, 3.8) is 0 Å². The van der Waals surface area contributed by atoms with Gasteiger partial charge < -0.3 is 24.1 Å². The van der Waals surface area contributed by atoms with Crippen LogP contribution in [0.2, 0.25) is 0 Å². The van der Waals surface area contributed by atoms with Crippen LogP contribution in [0.15, 0.2) is 48.5 Å². The maximum absolute atomic E-state index is 11.3. The average Bonchev–Trinajstić information content (AvgIpc) is 3.57. The highest BCUT2D eigenvalue weighted by Crippen LogP contribution is 2.31. The number of ether oxygens (including phenoxy) is 4. The van der Waals surface area contributed by atoms with Crippen molar-refractivity contribution in [1.82, 2.24) is 0 Å². The van der Waals surface area contributed by atoms with Crippen molar-refractivity contribution in [2.24, 2.45) is 0 Å². The van der Waals surface area contributed by atoms with Crippen LogP contribution in [-0.2, 0) is 16.0 Å². The molecule has 2 aromatic carbocycles. The normalized spacial score (nSPS) is 17.5. The van der Waals surface area contributed by atoms with Gasteiger partial charge in [-0.15, -0.1) is 0 Å². The summed E-state index contributed by atoms with van der Waals surface area (Å²) in [7, 11) is 0. The zero-order chi connectivity index (χ0) is 25.2. The molecule has 0 spiro atoms. The van der Waals surface area contributed by atoms with Gasteiger partial charge in [0.05, 0.1) is 12.2 Å². The molecule has 0 heterocycles. The molecular weight excluding hydrogens is 456 g/mol. The number of hydrogen-bond donors (Lipinski definition) is 1. The zero-order valence-electron chi connectivity index (χ0n) is 21.2. The topological polar surface area (TPSA) is 74.2 Å². The molecule has 0 aromatic heterocycles. The average molecular weight is 495 g/mol. The molecule has 2 aliphatic rings. The minimum absolute atomic E-state index is 0.300. The fourth-order valence-corrected chi connectivity index (χ4v) is 4.91. The molecule has 1 atom stereocenters. The molecule has 6 nitrogen and oxygen atoms in total. The van der Waals surface area contributed by atoms with E-state index in [2.05, 4.69) is 12.1 Å². The lowest BCUT2D eigenvalue weighted by molar-refractivity contribution is -0.149. The second-order valence-electron chi connectivity index (χ2n) is 9.63. The number of rotatable bonds is 13. The summed E-state index contributed by atoms with van der Waals surface area (Å²) >= 11 is 0. The molecule has 1 N–H and O–H groups in total. The summed E-state index contributed by atoms with van der Waals surface area (Å²) in [6.45, 7) is 2.58. The third-order valence-electron chi connectivity index (χ3n) is 6.76. The summed E-state index contributed by atoms with van der Waals surface area (Å²) in [5.41, 5.74) is 1.93. The van der Waals surface area contributed by atoms with Crippen LogP contribution in [0.25, 0.3) is 6.08 Å². The Morgan fingerprint density at radius 3 is 2.03 bits per heavy atom. The fraction of sp³-hybridized carbons (Fsp3) is 0.500. The SMILES string of the molecule is CCOC(Cc1ccc(OC/C=C/c2cc(OC3CCCC3)cc(OC3CCCC3)c2)cc1)C(=O)O. The van der Waals surface area contributed by atoms with Crippen molar-refractivity contribution < 1.29 is 28.8 Å². The molecule has 36 heavy (non-hydrogen) atoms. The van der Waals surface area contributed by atoms with Crippen molar-refractivity contribution >= 4 is 12.0 Å². The third kappa shape index (κ3) is 8.02. The van der Waals surface area contributed by atoms with Crippen LogP contribution in [0, 0.1) is 0 Å². The Labute approximate surface area is 214 Å². The van der Waals surface area contributed by atoms with Crippen molar-refractivity contribution in [2.45, 2.75) is 83.0 Å². The van der Waals surface area contributed by atoms with E-state index in [9.17, 15) is 9.90 Å². The molecule has 0 amide bonds. The molecule has 6 heteroatoms. The van der Waals surface area contributed by atoms with E-state index in [0.29, 0.717) is 31.8 Å². The number of hydrogen-bond acceptors (Lipinski definition) is 5. The summed E-state index contributed by atoms with van der Waals surface area (Å²) in [6.07, 6.45) is 13.5. The molecule has 2 aromatic rings. The highest BCUT2D eigenvalue weighted by Gasteiger charge is 2.20. The van der Waals surface area contributed by atoms with Crippen molar-refractivity contribution in [2.75, 3.05) is 13.2 Å². The second-order valence-corrected chi connectivity index (χ2v) is 9.63. The van der Waals surface area contributed by atoms with Crippen LogP contribution in [0.1, 0.15) is 69.4 Å². The first-order valence-electron chi connectivity index (χ1n) is 13.3. The van der Waals surface area contributed by atoms with E-state index < -0.39 is 12.1 Å². The summed E-state index contributed by atoms with van der Waals surface area (Å²) in [5.74, 6) is 1.53. The highest BCUT2D eigenvalue weighted by atomic mass is 16.5. The summed E-state index contributed by atoms with van der Waals surface area (Å²) in [5, 5.41) is 9.26. The Morgan fingerprint density at radius 1 is 0.917 bits per heavy atom. The zero-order valence-corrected chi connectivity index (χ0v) is 21.2. The number of aliphatic carboxylic acids is 1. The molecule has 0 aliphatic heterocycles. The Kier molecular flexibility index (Phi) is 9.68. The van der Waals surface area contributed by atoms with Gasteiger partial charge in [-0.2, -0.15) is 0 Å². The predicted molar refractivity (Wildman–Crippen MR) is 140 cm³/mol. The largest absolute Gasteiger partial charge is 0.490 e. The standard InChI is InChI=1S/C30H38O6/c1-2-33-29(30(31)32)20-22-13-15-24(16-14-22)34-17-7-8-23-18-27(35-25-9-3-4-10-25)21-28(19-23)36-26-11-5-6-12-26/h7-8,13-16,18-19,21,25-26,29H,2-6,9-12,17,20H2,1H3,(H,31,32)/b8-7+. The Balaban J connectivity index is 1.34. The van der Waals surface area contributed by atoms with Crippen LogP contribution in [-0.4, -0.2) is 42.6 Å². The number of carboxylic acid groups (broad SMARTS) is 1. The first-order valence-corrected chi connectivity index (χ1v) is 13.3. The predicted octanol–water partition coefficient (Wildman–Crippen LogP) is 6.45. The van der Waals surface area contributed by atoms with Crippen molar-refractivity contribution in [1.29, 1.82) is 0 Å². The molecule has 0 saturated heterocycles. The van der Waals surface area contributed by atoms with Gasteiger partial charge in [-0.1, -0.05) is 18.2 Å². The van der Waals surface area contributed by atoms with E-state index in [1.54, 1.807) is 6.92 Å². The molecule has 2 fully saturated rings. The Bertz CT molecular complexity index is 951. The monoisotopic (exact) mass is 494 g/mol. The van der Waals surface area contributed by atoms with Gasteiger partial charge in [0.15, 0.2) is 6.10 Å². The molecular formula is C30H38O6. The van der Waals surface area contributed by atoms with E-state index in [4.69, 9.17) is 18.9 Å². The number of benzene rings is 2. The Hall–Kier alpha value is -2.99. The lowest BCUT2D eigenvalue weighted by atomic mass is 10.1. The summed E-state index contributed by atoms with van der Waals surface area (Å²) in [6, 6.07) is 13.7. The van der Waals surface area contributed by atoms with Gasteiger partial charge in [0.25, 0.3) is 0 Å². The summed E-state index contributed by atoms with van der Waals surface area (Å²) < 4.78 is 23.7. The molecule has 0 radical (unpaired) electrons. The molecule has 0 bridgehead atoms. The first-order chi connectivity index (χ1) is 17.6. The van der Waals surface area contributed by atoms with Gasteiger partial charge in [0, 0.05) is 19.1 Å². The number of carbonyl (C=O) groups is 1. The Morgan fingerprint density at radius 2 is 1.50 bits per heavy atom. The van der Waals surface area contributed by atoms with Crippen molar-refractivity contribution in [3.8, 4) is 17.2 Å². The van der Waals surface area contributed by atoms with Gasteiger partial charge in [0.1, 0.15) is 23.9 Å². The molecule has 4 rings (SSSR count). The highest BCUT2D eigenvalue weighted by molar-refractivity contribution is 5.72. The number of carboxylic acids is 1. The smallest absolute Gasteiger partial charge is 0.333 e. The van der Waals surface area contributed by atoms with E-state index in [1.807, 2.05) is 42.5 Å². The van der Waals surface area contributed by atoms with E-state index in [-0.39, 0.29) is 0 Å². The molecule has 1 unspecified atom stereocenters. The minimum Gasteiger partial charge on any atom is -0.490 e. The minimum atomic E-state index is -0.947. The van der Waals surface area contributed by atoms with Crippen LogP contribution < -0.4 is 14.2 Å². The lowest BCUT2D eigenvalue weighted by Crippen LogP contribution is -2.26.